The van der Waals surface area contributed by atoms with Gasteiger partial charge in [0.15, 0.2) is 0 Å². The van der Waals surface area contributed by atoms with Gasteiger partial charge in [0.05, 0.1) is 49.5 Å². The lowest BCUT2D eigenvalue weighted by molar-refractivity contribution is -0.867. The molecule has 0 saturated heterocycles. The van der Waals surface area contributed by atoms with Crippen LogP contribution >= 0.6 is 23.5 Å². The summed E-state index contributed by atoms with van der Waals surface area (Å²) in [5, 5.41) is 3.88. The zero-order chi connectivity index (χ0) is 20.6. The molecule has 0 bridgehead atoms. The number of aromatic nitrogens is 1. The van der Waals surface area contributed by atoms with Crippen molar-refractivity contribution >= 4 is 46.2 Å². The maximum absolute atomic E-state index is 2.35. The van der Waals surface area contributed by atoms with Crippen LogP contribution in [0.2, 0.25) is 0 Å². The average molecular weight is 424 g/mol. The number of para-hydroxylation sites is 2. The number of aryl methyl sites for hydroxylation is 1. The van der Waals surface area contributed by atoms with Gasteiger partial charge in [-0.25, -0.2) is 0 Å². The highest BCUT2D eigenvalue weighted by Gasteiger charge is 2.23. The Kier molecular flexibility index (Phi) is 5.65. The van der Waals surface area contributed by atoms with E-state index in [0.29, 0.717) is 0 Å². The quantitative estimate of drug-likeness (QED) is 0.324. The van der Waals surface area contributed by atoms with E-state index in [1.165, 1.54) is 37.1 Å². The molecule has 0 saturated carbocycles. The van der Waals surface area contributed by atoms with Crippen molar-refractivity contribution in [3.8, 4) is 0 Å². The smallest absolute Gasteiger partial charge is 0.241 e. The summed E-state index contributed by atoms with van der Waals surface area (Å²) in [5.74, 6) is 1.10. The summed E-state index contributed by atoms with van der Waals surface area (Å²) in [6.07, 6.45) is 2.34. The van der Waals surface area contributed by atoms with Gasteiger partial charge in [-0.2, -0.15) is 4.57 Å². The molecule has 0 aliphatic carbocycles. The van der Waals surface area contributed by atoms with E-state index in [1.807, 2.05) is 23.5 Å². The van der Waals surface area contributed by atoms with Gasteiger partial charge in [0.1, 0.15) is 7.05 Å². The first kappa shape index (κ1) is 20.3. The maximum Gasteiger partial charge on any atom is 0.241 e. The van der Waals surface area contributed by atoms with Crippen molar-refractivity contribution in [2.75, 3.05) is 45.4 Å². The number of quaternary nitrogens is 1. The molecule has 150 valence electrons. The molecule has 0 unspecified atom stereocenters. The molecule has 0 atom stereocenters. The number of pyridine rings is 1. The van der Waals surface area contributed by atoms with Gasteiger partial charge in [-0.05, 0) is 29.8 Å². The molecular formula is C24H29N3S2+2. The highest BCUT2D eigenvalue weighted by Crippen LogP contribution is 2.45. The maximum atomic E-state index is 2.35. The Bertz CT molecular complexity index is 1080. The van der Waals surface area contributed by atoms with Crippen LogP contribution < -0.4 is 9.47 Å². The van der Waals surface area contributed by atoms with E-state index < -0.39 is 0 Å². The summed E-state index contributed by atoms with van der Waals surface area (Å²) in [4.78, 5) is 3.62. The molecule has 1 aliphatic rings. The van der Waals surface area contributed by atoms with Crippen LogP contribution in [0, 0.1) is 0 Å². The Morgan fingerprint density at radius 1 is 1.07 bits per heavy atom. The number of benzene rings is 2. The molecule has 2 heterocycles. The van der Waals surface area contributed by atoms with Gasteiger partial charge in [0.25, 0.3) is 0 Å². The zero-order valence-corrected chi connectivity index (χ0v) is 19.5. The van der Waals surface area contributed by atoms with E-state index in [0.717, 1.165) is 16.8 Å². The fraction of sp³-hybridized carbons (Fsp3) is 0.292. The second-order valence-corrected chi connectivity index (χ2v) is 10.7. The van der Waals surface area contributed by atoms with E-state index in [2.05, 4.69) is 105 Å². The minimum atomic E-state index is 0.987. The first-order chi connectivity index (χ1) is 13.8. The molecule has 0 radical (unpaired) electrons. The fourth-order valence-corrected chi connectivity index (χ4v) is 5.95. The van der Waals surface area contributed by atoms with Gasteiger partial charge in [-0.15, -0.1) is 0 Å². The molecule has 3 nitrogen and oxygen atoms in total. The lowest BCUT2D eigenvalue weighted by atomic mass is 10.1. The molecule has 1 aromatic heterocycles. The molecule has 0 spiro atoms. The monoisotopic (exact) mass is 423 g/mol. The van der Waals surface area contributed by atoms with Gasteiger partial charge in [-0.3, -0.25) is 0 Å². The third-order valence-electron chi connectivity index (χ3n) is 5.25. The fourth-order valence-electron chi connectivity index (χ4n) is 3.50. The van der Waals surface area contributed by atoms with Crippen molar-refractivity contribution in [1.29, 1.82) is 0 Å². The van der Waals surface area contributed by atoms with Crippen LogP contribution in [0.15, 0.2) is 69.5 Å². The molecule has 2 aromatic carbocycles. The van der Waals surface area contributed by atoms with Gasteiger partial charge < -0.3 is 9.38 Å². The van der Waals surface area contributed by atoms with E-state index in [9.17, 15) is 0 Å². The Labute approximate surface area is 182 Å². The number of hydrogen-bond donors (Lipinski definition) is 0. The Morgan fingerprint density at radius 3 is 2.55 bits per heavy atom. The van der Waals surface area contributed by atoms with Crippen LogP contribution in [-0.2, 0) is 7.05 Å². The number of nitrogens with zero attached hydrogens (tertiary/aromatic N) is 3. The lowest BCUT2D eigenvalue weighted by Crippen LogP contribution is -2.37. The van der Waals surface area contributed by atoms with Crippen LogP contribution in [0.1, 0.15) is 5.56 Å². The SMILES string of the molecule is CN1C(=Cc2cc(SCC[N+](C)(C)C)[n+](C)c3ccccc23)Sc2ccccc21. The molecule has 29 heavy (non-hydrogen) atoms. The summed E-state index contributed by atoms with van der Waals surface area (Å²) in [7, 11) is 11.1. The van der Waals surface area contributed by atoms with Crippen LogP contribution in [0.5, 0.6) is 0 Å². The van der Waals surface area contributed by atoms with Crippen molar-refractivity contribution in [3.63, 3.8) is 0 Å². The highest BCUT2D eigenvalue weighted by molar-refractivity contribution is 8.03. The summed E-state index contributed by atoms with van der Waals surface area (Å²) in [5.41, 5.74) is 3.85. The minimum absolute atomic E-state index is 0.987. The Balaban J connectivity index is 1.73. The number of thioether (sulfide) groups is 2. The van der Waals surface area contributed by atoms with Crippen molar-refractivity contribution in [2.24, 2.45) is 7.05 Å². The molecule has 4 rings (SSSR count). The number of fused-ring (bicyclic) bond motifs is 2. The average Bonchev–Trinajstić information content (AvgIpc) is 3.00. The molecule has 1 aliphatic heterocycles. The normalized spacial score (nSPS) is 15.3. The molecule has 0 amide bonds. The molecular weight excluding hydrogens is 394 g/mol. The zero-order valence-electron chi connectivity index (χ0n) is 17.8. The van der Waals surface area contributed by atoms with E-state index >= 15 is 0 Å². The Morgan fingerprint density at radius 2 is 1.79 bits per heavy atom. The summed E-state index contributed by atoms with van der Waals surface area (Å²) in [6.45, 7) is 1.14. The van der Waals surface area contributed by atoms with E-state index in [1.54, 1.807) is 0 Å². The number of rotatable bonds is 5. The van der Waals surface area contributed by atoms with Crippen LogP contribution in [-0.4, -0.2) is 45.0 Å². The van der Waals surface area contributed by atoms with Gasteiger partial charge in [0.2, 0.25) is 10.5 Å². The summed E-state index contributed by atoms with van der Waals surface area (Å²) >= 11 is 3.80. The van der Waals surface area contributed by atoms with Crippen LogP contribution in [0.4, 0.5) is 5.69 Å². The largest absolute Gasteiger partial charge is 0.338 e. The summed E-state index contributed by atoms with van der Waals surface area (Å²) < 4.78 is 3.32. The van der Waals surface area contributed by atoms with Crippen molar-refractivity contribution in [1.82, 2.24) is 0 Å². The van der Waals surface area contributed by atoms with E-state index in [-0.39, 0.29) is 0 Å². The summed E-state index contributed by atoms with van der Waals surface area (Å²) in [6, 6.07) is 19.7. The van der Waals surface area contributed by atoms with Crippen molar-refractivity contribution in [3.05, 3.63) is 65.2 Å². The second-order valence-electron chi connectivity index (χ2n) is 8.49. The lowest BCUT2D eigenvalue weighted by Gasteiger charge is -2.23. The third-order valence-corrected chi connectivity index (χ3v) is 7.49. The predicted molar refractivity (Wildman–Crippen MR) is 127 cm³/mol. The van der Waals surface area contributed by atoms with Gasteiger partial charge in [0, 0.05) is 24.1 Å². The van der Waals surface area contributed by atoms with Gasteiger partial charge >= 0.3 is 0 Å². The highest BCUT2D eigenvalue weighted by atomic mass is 32.2. The molecule has 5 heteroatoms. The number of hydrogen-bond acceptors (Lipinski definition) is 3. The van der Waals surface area contributed by atoms with Crippen LogP contribution in [0.25, 0.3) is 17.0 Å². The topological polar surface area (TPSA) is 7.12 Å². The minimum Gasteiger partial charge on any atom is -0.338 e. The first-order valence-electron chi connectivity index (χ1n) is 9.91. The number of anilines is 1. The molecule has 3 aromatic rings. The third kappa shape index (κ3) is 4.32. The van der Waals surface area contributed by atoms with Crippen molar-refractivity contribution < 1.29 is 9.05 Å². The predicted octanol–water partition coefficient (Wildman–Crippen LogP) is 5.00. The van der Waals surface area contributed by atoms with Crippen molar-refractivity contribution in [2.45, 2.75) is 9.92 Å². The van der Waals surface area contributed by atoms with E-state index in [4.69, 9.17) is 0 Å². The van der Waals surface area contributed by atoms with Gasteiger partial charge in [-0.1, -0.05) is 47.8 Å². The second kappa shape index (κ2) is 8.05. The molecule has 0 fully saturated rings. The standard InChI is InChI=1S/C24H29N3S2/c1-25-20-11-7-6-10-19(20)18(16-23(25)28-15-14-27(3,4)5)17-24-26(2)21-12-8-9-13-22(21)29-24/h6-13,16-17H,14-15H2,1-5H3/q+2. The first-order valence-corrected chi connectivity index (χ1v) is 11.7. The Hall–Kier alpha value is -1.95. The van der Waals surface area contributed by atoms with Crippen LogP contribution in [0.3, 0.4) is 0 Å². The molecule has 0 N–H and O–H groups in total.